The lowest BCUT2D eigenvalue weighted by molar-refractivity contribution is -0.167. The predicted octanol–water partition coefficient (Wildman–Crippen LogP) is 22.8. The highest BCUT2D eigenvalue weighted by atomic mass is 16.6. The van der Waals surface area contributed by atoms with Crippen LogP contribution >= 0.6 is 0 Å². The molecule has 0 amide bonds. The number of ether oxygens (including phenoxy) is 3. The van der Waals surface area contributed by atoms with E-state index in [2.05, 4.69) is 227 Å². The standard InChI is InChI=1S/C77H116O6/c1-4-7-10-13-16-19-22-25-28-30-32-34-35-36-37-38-39-40-41-43-44-46-49-52-55-58-61-64-67-70-76(79)82-73-74(72-81-75(78)69-66-63-60-57-54-51-48-27-24-21-18-15-12-9-6-3)83-77(80)71-68-65-62-59-56-53-50-47-45-42-33-31-29-26-23-20-17-14-11-8-5-2/h7-12,16-21,25-29,32-34,36-37,39-40,42-44,47-50,52,58,61,74H,4-6,13-15,22-24,30-31,35,38,41,45-46,51,53-57,59-60,62-73H2,1-3H3/b10-7-,11-8-,12-9-,19-16-,20-17-,21-18-,28-25-,29-26-,34-32-,37-36-,40-39-,42-33-,44-43-,48-27-,50-47-,52-49-,61-58-. The third-order valence-corrected chi connectivity index (χ3v) is 12.8. The maximum Gasteiger partial charge on any atom is 0.306 e. The normalized spacial score (nSPS) is 13.5. The smallest absolute Gasteiger partial charge is 0.306 e. The summed E-state index contributed by atoms with van der Waals surface area (Å²) < 4.78 is 16.8. The average molecular weight is 1140 g/mol. The third-order valence-electron chi connectivity index (χ3n) is 12.8. The Bertz CT molecular complexity index is 2030. The van der Waals surface area contributed by atoms with Crippen molar-refractivity contribution in [2.75, 3.05) is 13.2 Å². The zero-order chi connectivity index (χ0) is 59.9. The average Bonchev–Trinajstić information content (AvgIpc) is 3.49. The van der Waals surface area contributed by atoms with Crippen LogP contribution in [0.25, 0.3) is 0 Å². The van der Waals surface area contributed by atoms with Crippen LogP contribution in [-0.2, 0) is 28.6 Å². The molecule has 6 heteroatoms. The summed E-state index contributed by atoms with van der Waals surface area (Å²) in [5.74, 6) is -1.03. The first-order valence-corrected chi connectivity index (χ1v) is 32.6. The quantitative estimate of drug-likeness (QED) is 0.0261. The molecule has 83 heavy (non-hydrogen) atoms. The molecule has 0 aliphatic rings. The van der Waals surface area contributed by atoms with Gasteiger partial charge in [0.15, 0.2) is 6.10 Å². The van der Waals surface area contributed by atoms with Gasteiger partial charge in [-0.1, -0.05) is 266 Å². The second-order valence-electron chi connectivity index (χ2n) is 20.5. The van der Waals surface area contributed by atoms with Crippen molar-refractivity contribution in [2.24, 2.45) is 0 Å². The molecule has 0 N–H and O–H groups in total. The number of rotatable bonds is 56. The summed E-state index contributed by atoms with van der Waals surface area (Å²) in [4.78, 5) is 38.3. The molecular weight excluding hydrogens is 1020 g/mol. The van der Waals surface area contributed by atoms with Crippen LogP contribution in [0.15, 0.2) is 207 Å². The lowest BCUT2D eigenvalue weighted by Gasteiger charge is -2.18. The topological polar surface area (TPSA) is 78.9 Å². The summed E-state index contributed by atoms with van der Waals surface area (Å²) in [6.07, 6.45) is 105. The second kappa shape index (κ2) is 68.5. The Labute approximate surface area is 509 Å². The minimum Gasteiger partial charge on any atom is -0.462 e. The first-order chi connectivity index (χ1) is 41.0. The van der Waals surface area contributed by atoms with Crippen LogP contribution in [0.2, 0.25) is 0 Å². The van der Waals surface area contributed by atoms with Crippen molar-refractivity contribution >= 4 is 17.9 Å². The molecule has 6 nitrogen and oxygen atoms in total. The van der Waals surface area contributed by atoms with Crippen LogP contribution in [0.5, 0.6) is 0 Å². The number of hydrogen-bond donors (Lipinski definition) is 0. The summed E-state index contributed by atoms with van der Waals surface area (Å²) in [7, 11) is 0. The number of hydrogen-bond acceptors (Lipinski definition) is 6. The van der Waals surface area contributed by atoms with Gasteiger partial charge in [0, 0.05) is 19.3 Å². The zero-order valence-electron chi connectivity index (χ0n) is 52.6. The molecule has 0 fully saturated rings. The molecule has 0 rings (SSSR count). The molecule has 0 aliphatic heterocycles. The molecule has 0 heterocycles. The molecule has 0 saturated heterocycles. The van der Waals surface area contributed by atoms with Crippen molar-refractivity contribution < 1.29 is 28.6 Å². The predicted molar refractivity (Wildman–Crippen MR) is 361 cm³/mol. The van der Waals surface area contributed by atoms with E-state index in [1.807, 2.05) is 0 Å². The zero-order valence-corrected chi connectivity index (χ0v) is 52.6. The number of carbonyl (C=O) groups excluding carboxylic acids is 3. The Morgan fingerprint density at radius 1 is 0.241 bits per heavy atom. The molecule has 0 saturated carbocycles. The van der Waals surface area contributed by atoms with Crippen molar-refractivity contribution in [1.29, 1.82) is 0 Å². The molecular formula is C77H116O6. The van der Waals surface area contributed by atoms with Gasteiger partial charge >= 0.3 is 17.9 Å². The van der Waals surface area contributed by atoms with Gasteiger partial charge in [-0.3, -0.25) is 14.4 Å². The largest absolute Gasteiger partial charge is 0.462 e. The summed E-state index contributed by atoms with van der Waals surface area (Å²) in [6.45, 7) is 6.20. The van der Waals surface area contributed by atoms with Crippen molar-refractivity contribution in [3.63, 3.8) is 0 Å². The number of unbranched alkanes of at least 4 members (excludes halogenated alkanes) is 11. The summed E-state index contributed by atoms with van der Waals surface area (Å²) in [5.41, 5.74) is 0. The molecule has 0 aliphatic carbocycles. The van der Waals surface area contributed by atoms with Crippen LogP contribution in [0, 0.1) is 0 Å². The van der Waals surface area contributed by atoms with Crippen molar-refractivity contribution in [2.45, 2.75) is 245 Å². The molecule has 0 spiro atoms. The Balaban J connectivity index is 4.56. The van der Waals surface area contributed by atoms with Gasteiger partial charge < -0.3 is 14.2 Å². The fourth-order valence-corrected chi connectivity index (χ4v) is 8.01. The van der Waals surface area contributed by atoms with Gasteiger partial charge in [0.05, 0.1) is 0 Å². The van der Waals surface area contributed by atoms with Crippen molar-refractivity contribution in [3.05, 3.63) is 207 Å². The highest BCUT2D eigenvalue weighted by Crippen LogP contribution is 2.13. The lowest BCUT2D eigenvalue weighted by Crippen LogP contribution is -2.30. The number of carbonyl (C=O) groups is 3. The highest BCUT2D eigenvalue weighted by molar-refractivity contribution is 5.71. The van der Waals surface area contributed by atoms with Gasteiger partial charge in [-0.2, -0.15) is 0 Å². The van der Waals surface area contributed by atoms with Crippen LogP contribution in [0.1, 0.15) is 239 Å². The minimum absolute atomic E-state index is 0.125. The van der Waals surface area contributed by atoms with Crippen LogP contribution in [0.4, 0.5) is 0 Å². The Kier molecular flexibility index (Phi) is 63.5. The number of allylic oxidation sites excluding steroid dienone is 34. The molecule has 0 aromatic heterocycles. The van der Waals surface area contributed by atoms with E-state index in [4.69, 9.17) is 14.2 Å². The summed E-state index contributed by atoms with van der Waals surface area (Å²) in [6, 6.07) is 0. The van der Waals surface area contributed by atoms with Gasteiger partial charge in [-0.05, 0) is 161 Å². The van der Waals surface area contributed by atoms with Gasteiger partial charge in [0.1, 0.15) is 13.2 Å². The van der Waals surface area contributed by atoms with Gasteiger partial charge in [-0.15, -0.1) is 0 Å². The monoisotopic (exact) mass is 1140 g/mol. The van der Waals surface area contributed by atoms with E-state index in [1.165, 1.54) is 0 Å². The minimum atomic E-state index is -0.835. The van der Waals surface area contributed by atoms with E-state index in [0.717, 1.165) is 193 Å². The highest BCUT2D eigenvalue weighted by Gasteiger charge is 2.19. The van der Waals surface area contributed by atoms with Crippen LogP contribution in [-0.4, -0.2) is 37.2 Å². The molecule has 0 bridgehead atoms. The fraction of sp³-hybridized carbons (Fsp3) is 0.519. The summed E-state index contributed by atoms with van der Waals surface area (Å²) in [5, 5.41) is 0. The Morgan fingerprint density at radius 2 is 0.446 bits per heavy atom. The molecule has 0 radical (unpaired) electrons. The van der Waals surface area contributed by atoms with E-state index in [1.54, 1.807) is 0 Å². The first kappa shape index (κ1) is 77.0. The molecule has 0 aromatic rings. The molecule has 460 valence electrons. The summed E-state index contributed by atoms with van der Waals surface area (Å²) >= 11 is 0. The molecule has 1 atom stereocenters. The Hall–Kier alpha value is -6.01. The maximum absolute atomic E-state index is 12.9. The van der Waals surface area contributed by atoms with E-state index in [0.29, 0.717) is 12.8 Å². The fourth-order valence-electron chi connectivity index (χ4n) is 8.01. The lowest BCUT2D eigenvalue weighted by atomic mass is 10.1. The van der Waals surface area contributed by atoms with Gasteiger partial charge in [0.25, 0.3) is 0 Å². The molecule has 1 unspecified atom stereocenters. The van der Waals surface area contributed by atoms with Crippen LogP contribution < -0.4 is 0 Å². The van der Waals surface area contributed by atoms with E-state index < -0.39 is 6.10 Å². The Morgan fingerprint density at radius 3 is 0.723 bits per heavy atom. The van der Waals surface area contributed by atoms with E-state index in [9.17, 15) is 14.4 Å². The van der Waals surface area contributed by atoms with E-state index >= 15 is 0 Å². The van der Waals surface area contributed by atoms with E-state index in [-0.39, 0.29) is 44.0 Å². The molecule has 0 aromatic carbocycles. The second-order valence-corrected chi connectivity index (χ2v) is 20.5. The maximum atomic E-state index is 12.9. The van der Waals surface area contributed by atoms with Crippen LogP contribution in [0.3, 0.4) is 0 Å². The van der Waals surface area contributed by atoms with Crippen molar-refractivity contribution in [1.82, 2.24) is 0 Å². The SMILES string of the molecule is CC/C=C\C/C=C\C/C=C\C/C=C\C/C=C\C/C=C\C/C=C\C/C=C\C/C=C\CCCC(=O)OCC(COC(=O)CCCCCCC/C=C\C/C=C\C/C=C\CC)OC(=O)CCCCCCC/C=C\C/C=C\C/C=C\C/C=C\C/C=C\CC. The van der Waals surface area contributed by atoms with Gasteiger partial charge in [-0.25, -0.2) is 0 Å². The van der Waals surface area contributed by atoms with Crippen molar-refractivity contribution in [3.8, 4) is 0 Å². The van der Waals surface area contributed by atoms with Gasteiger partial charge in [0.2, 0.25) is 0 Å². The third kappa shape index (κ3) is 66.7. The first-order valence-electron chi connectivity index (χ1n) is 32.6. The number of esters is 3.